The van der Waals surface area contributed by atoms with E-state index in [2.05, 4.69) is 5.18 Å². The van der Waals surface area contributed by atoms with Crippen molar-refractivity contribution in [2.45, 2.75) is 58.3 Å². The zero-order chi connectivity index (χ0) is 12.1. The number of ether oxygens (including phenoxy) is 1. The van der Waals surface area contributed by atoms with Gasteiger partial charge < -0.3 is 4.74 Å². The summed E-state index contributed by atoms with van der Waals surface area (Å²) >= 11 is 0. The minimum absolute atomic E-state index is 0.0837. The van der Waals surface area contributed by atoms with Crippen molar-refractivity contribution in [1.82, 2.24) is 0 Å². The Kier molecular flexibility index (Phi) is 11.4. The molecule has 0 aromatic carbocycles. The highest BCUT2D eigenvalue weighted by atomic mass is 16.5. The number of unbranched alkanes of at least 4 members (excludes halogenated alkanes) is 6. The van der Waals surface area contributed by atoms with E-state index in [0.29, 0.717) is 19.6 Å². The molecule has 0 heterocycles. The molecule has 0 bridgehead atoms. The third-order valence-corrected chi connectivity index (χ3v) is 2.44. The third kappa shape index (κ3) is 11.1. The van der Waals surface area contributed by atoms with Gasteiger partial charge in [0.25, 0.3) is 0 Å². The Morgan fingerprint density at radius 3 is 2.12 bits per heavy atom. The highest BCUT2D eigenvalue weighted by Crippen LogP contribution is 2.09. The van der Waals surface area contributed by atoms with Gasteiger partial charge in [-0.05, 0) is 19.8 Å². The SMILES string of the molecule is CCOC(=O)CCCCCCCCCN=O. The van der Waals surface area contributed by atoms with Gasteiger partial charge in [-0.3, -0.25) is 4.79 Å². The van der Waals surface area contributed by atoms with E-state index in [9.17, 15) is 9.70 Å². The summed E-state index contributed by atoms with van der Waals surface area (Å²) < 4.78 is 4.83. The number of nitroso groups, excluding NO2 is 1. The Morgan fingerprint density at radius 1 is 1.00 bits per heavy atom. The fourth-order valence-electron chi connectivity index (χ4n) is 1.56. The second-order valence-electron chi connectivity index (χ2n) is 3.88. The van der Waals surface area contributed by atoms with Gasteiger partial charge in [-0.25, -0.2) is 0 Å². The van der Waals surface area contributed by atoms with E-state index in [4.69, 9.17) is 4.74 Å². The number of hydrogen-bond acceptors (Lipinski definition) is 4. The molecule has 0 radical (unpaired) electrons. The molecule has 0 atom stereocenters. The zero-order valence-corrected chi connectivity index (χ0v) is 10.2. The van der Waals surface area contributed by atoms with Crippen molar-refractivity contribution in [3.05, 3.63) is 4.91 Å². The highest BCUT2D eigenvalue weighted by Gasteiger charge is 2.00. The Labute approximate surface area is 97.7 Å². The molecule has 94 valence electrons. The first kappa shape index (κ1) is 15.1. The van der Waals surface area contributed by atoms with E-state index in [-0.39, 0.29) is 5.97 Å². The van der Waals surface area contributed by atoms with Crippen LogP contribution in [0.25, 0.3) is 0 Å². The summed E-state index contributed by atoms with van der Waals surface area (Å²) in [6, 6.07) is 0. The molecule has 0 aromatic heterocycles. The molecule has 0 spiro atoms. The van der Waals surface area contributed by atoms with Gasteiger partial charge in [0.15, 0.2) is 0 Å². The van der Waals surface area contributed by atoms with Crippen LogP contribution in [-0.4, -0.2) is 19.1 Å². The zero-order valence-electron chi connectivity index (χ0n) is 10.2. The Morgan fingerprint density at radius 2 is 1.56 bits per heavy atom. The Bertz CT molecular complexity index is 183. The molecule has 4 heteroatoms. The van der Waals surface area contributed by atoms with Crippen molar-refractivity contribution in [2.24, 2.45) is 5.18 Å². The molecule has 0 aliphatic rings. The molecule has 0 unspecified atom stereocenters. The summed E-state index contributed by atoms with van der Waals surface area (Å²) in [5, 5.41) is 2.82. The second-order valence-corrected chi connectivity index (χ2v) is 3.88. The van der Waals surface area contributed by atoms with Crippen LogP contribution in [0.1, 0.15) is 58.3 Å². The van der Waals surface area contributed by atoms with Crippen LogP contribution in [0, 0.1) is 4.91 Å². The lowest BCUT2D eigenvalue weighted by atomic mass is 10.1. The standard InChI is InChI=1S/C12H23NO3/c1-2-16-12(14)10-8-6-4-3-5-7-9-11-13-15/h2-11H2,1H3. The quantitative estimate of drug-likeness (QED) is 0.310. The summed E-state index contributed by atoms with van der Waals surface area (Å²) in [7, 11) is 0. The number of rotatable bonds is 11. The number of esters is 1. The molecule has 0 saturated heterocycles. The largest absolute Gasteiger partial charge is 0.466 e. The smallest absolute Gasteiger partial charge is 0.305 e. The minimum Gasteiger partial charge on any atom is -0.466 e. The van der Waals surface area contributed by atoms with E-state index in [1.54, 1.807) is 0 Å². The summed E-state index contributed by atoms with van der Waals surface area (Å²) in [5.74, 6) is -0.0837. The van der Waals surface area contributed by atoms with Crippen LogP contribution in [0.2, 0.25) is 0 Å². The average Bonchev–Trinajstić information content (AvgIpc) is 2.27. The fraction of sp³-hybridized carbons (Fsp3) is 0.917. The lowest BCUT2D eigenvalue weighted by molar-refractivity contribution is -0.143. The number of carbonyl (C=O) groups excluding carboxylic acids is 1. The van der Waals surface area contributed by atoms with Gasteiger partial charge in [0.05, 0.1) is 13.2 Å². The van der Waals surface area contributed by atoms with Crippen LogP contribution in [0.4, 0.5) is 0 Å². The monoisotopic (exact) mass is 229 g/mol. The van der Waals surface area contributed by atoms with Crippen molar-refractivity contribution in [3.63, 3.8) is 0 Å². The first-order chi connectivity index (χ1) is 7.81. The summed E-state index contributed by atoms with van der Waals surface area (Å²) in [4.78, 5) is 20.8. The lowest BCUT2D eigenvalue weighted by Crippen LogP contribution is -2.03. The summed E-state index contributed by atoms with van der Waals surface area (Å²) in [5.41, 5.74) is 0. The van der Waals surface area contributed by atoms with E-state index < -0.39 is 0 Å². The molecular formula is C12H23NO3. The van der Waals surface area contributed by atoms with Gasteiger partial charge in [0.1, 0.15) is 0 Å². The van der Waals surface area contributed by atoms with E-state index in [1.165, 1.54) is 6.42 Å². The maximum absolute atomic E-state index is 11.0. The van der Waals surface area contributed by atoms with Crippen molar-refractivity contribution < 1.29 is 9.53 Å². The molecule has 0 aliphatic heterocycles. The second kappa shape index (κ2) is 12.1. The molecule has 16 heavy (non-hydrogen) atoms. The van der Waals surface area contributed by atoms with Crippen molar-refractivity contribution in [3.8, 4) is 0 Å². The van der Waals surface area contributed by atoms with E-state index in [0.717, 1.165) is 38.5 Å². The molecule has 0 fully saturated rings. The molecule has 0 amide bonds. The number of nitrogens with zero attached hydrogens (tertiary/aromatic N) is 1. The molecular weight excluding hydrogens is 206 g/mol. The summed E-state index contributed by atoms with van der Waals surface area (Å²) in [6.45, 7) is 2.75. The van der Waals surface area contributed by atoms with E-state index in [1.807, 2.05) is 6.92 Å². The maximum Gasteiger partial charge on any atom is 0.305 e. The molecule has 4 nitrogen and oxygen atoms in total. The van der Waals surface area contributed by atoms with Gasteiger partial charge in [-0.2, -0.15) is 4.91 Å². The highest BCUT2D eigenvalue weighted by molar-refractivity contribution is 5.69. The average molecular weight is 229 g/mol. The van der Waals surface area contributed by atoms with Crippen LogP contribution in [0.5, 0.6) is 0 Å². The van der Waals surface area contributed by atoms with Gasteiger partial charge in [0, 0.05) is 6.42 Å². The first-order valence-corrected chi connectivity index (χ1v) is 6.26. The normalized spacial score (nSPS) is 10.1. The van der Waals surface area contributed by atoms with Crippen LogP contribution >= 0.6 is 0 Å². The van der Waals surface area contributed by atoms with Gasteiger partial charge >= 0.3 is 5.97 Å². The number of carbonyl (C=O) groups is 1. The van der Waals surface area contributed by atoms with Gasteiger partial charge in [-0.15, -0.1) is 0 Å². The van der Waals surface area contributed by atoms with Crippen LogP contribution in [-0.2, 0) is 9.53 Å². The first-order valence-electron chi connectivity index (χ1n) is 6.26. The molecule has 0 aromatic rings. The van der Waals surface area contributed by atoms with Crippen molar-refractivity contribution in [2.75, 3.05) is 13.2 Å². The Hall–Kier alpha value is -0.930. The predicted molar refractivity (Wildman–Crippen MR) is 64.2 cm³/mol. The molecule has 0 aliphatic carbocycles. The third-order valence-electron chi connectivity index (χ3n) is 2.44. The summed E-state index contributed by atoms with van der Waals surface area (Å²) in [6.07, 6.45) is 8.06. The fourth-order valence-corrected chi connectivity index (χ4v) is 1.56. The molecule has 0 rings (SSSR count). The van der Waals surface area contributed by atoms with Crippen LogP contribution in [0.15, 0.2) is 5.18 Å². The van der Waals surface area contributed by atoms with Gasteiger partial charge in [0.2, 0.25) is 0 Å². The minimum atomic E-state index is -0.0837. The lowest BCUT2D eigenvalue weighted by Gasteiger charge is -2.02. The topological polar surface area (TPSA) is 55.7 Å². The maximum atomic E-state index is 11.0. The van der Waals surface area contributed by atoms with E-state index >= 15 is 0 Å². The number of hydrogen-bond donors (Lipinski definition) is 0. The Balaban J connectivity index is 3.03. The van der Waals surface area contributed by atoms with Crippen molar-refractivity contribution in [1.29, 1.82) is 0 Å². The molecule has 0 saturated carbocycles. The molecule has 0 N–H and O–H groups in total. The predicted octanol–water partition coefficient (Wildman–Crippen LogP) is 3.44. The van der Waals surface area contributed by atoms with Crippen LogP contribution < -0.4 is 0 Å². The van der Waals surface area contributed by atoms with Crippen LogP contribution in [0.3, 0.4) is 0 Å². The van der Waals surface area contributed by atoms with Gasteiger partial charge in [-0.1, -0.05) is 37.3 Å². The van der Waals surface area contributed by atoms with Crippen molar-refractivity contribution >= 4 is 5.97 Å².